The van der Waals surface area contributed by atoms with Crippen molar-refractivity contribution in [1.29, 1.82) is 0 Å². The number of aliphatic hydroxyl groups excluding tert-OH is 1. The molecule has 1 unspecified atom stereocenters. The average molecular weight is 499 g/mol. The van der Waals surface area contributed by atoms with Gasteiger partial charge in [0, 0.05) is 32.1 Å². The largest absolute Gasteiger partial charge is 0.497 e. The van der Waals surface area contributed by atoms with Crippen molar-refractivity contribution in [2.45, 2.75) is 12.3 Å². The van der Waals surface area contributed by atoms with Gasteiger partial charge < -0.3 is 25.2 Å². The summed E-state index contributed by atoms with van der Waals surface area (Å²) < 4.78 is 10.9. The summed E-state index contributed by atoms with van der Waals surface area (Å²) in [6.07, 6.45) is 0.833. The molecule has 2 aromatic carbocycles. The fourth-order valence-electron chi connectivity index (χ4n) is 2.61. The molecular weight excluding hydrogens is 469 g/mol. The molecule has 0 amide bonds. The highest BCUT2D eigenvalue weighted by Gasteiger charge is 2.10. The van der Waals surface area contributed by atoms with Gasteiger partial charge in [0.2, 0.25) is 0 Å². The molecule has 0 spiro atoms. The topological polar surface area (TPSA) is 75.1 Å². The number of hydrogen-bond donors (Lipinski definition) is 3. The van der Waals surface area contributed by atoms with Crippen LogP contribution in [0.15, 0.2) is 59.6 Å². The minimum absolute atomic E-state index is 0. The SMILES string of the molecule is CN=C(NCCCOc1cccc(OC)c1)NCC(CO)c1ccccc1.I. The normalized spacial score (nSPS) is 11.9. The number of benzene rings is 2. The zero-order chi connectivity index (χ0) is 19.3. The first-order chi connectivity index (χ1) is 13.3. The van der Waals surface area contributed by atoms with Crippen LogP contribution in [0.1, 0.15) is 17.9 Å². The first-order valence-corrected chi connectivity index (χ1v) is 9.14. The maximum absolute atomic E-state index is 9.63. The van der Waals surface area contributed by atoms with Crippen LogP contribution in [0.5, 0.6) is 11.5 Å². The average Bonchev–Trinajstić information content (AvgIpc) is 2.73. The lowest BCUT2D eigenvalue weighted by atomic mass is 10.0. The molecule has 3 N–H and O–H groups in total. The summed E-state index contributed by atoms with van der Waals surface area (Å²) in [6.45, 7) is 2.03. The second-order valence-electron chi connectivity index (χ2n) is 6.05. The van der Waals surface area contributed by atoms with E-state index in [1.165, 1.54) is 0 Å². The van der Waals surface area contributed by atoms with Crippen LogP contribution in [0, 0.1) is 0 Å². The summed E-state index contributed by atoms with van der Waals surface area (Å²) in [7, 11) is 3.37. The zero-order valence-electron chi connectivity index (χ0n) is 16.4. The van der Waals surface area contributed by atoms with Crippen LogP contribution < -0.4 is 20.1 Å². The Morgan fingerprint density at radius 3 is 2.50 bits per heavy atom. The fourth-order valence-corrected chi connectivity index (χ4v) is 2.61. The molecule has 28 heavy (non-hydrogen) atoms. The van der Waals surface area contributed by atoms with Crippen LogP contribution in [0.3, 0.4) is 0 Å². The smallest absolute Gasteiger partial charge is 0.191 e. The van der Waals surface area contributed by atoms with Gasteiger partial charge in [-0.1, -0.05) is 36.4 Å². The van der Waals surface area contributed by atoms with Gasteiger partial charge in [0.15, 0.2) is 5.96 Å². The number of rotatable bonds is 10. The fraction of sp³-hybridized carbons (Fsp3) is 0.381. The predicted octanol–water partition coefficient (Wildman–Crippen LogP) is 3.02. The number of nitrogens with one attached hydrogen (secondary N) is 2. The third kappa shape index (κ3) is 8.35. The lowest BCUT2D eigenvalue weighted by Crippen LogP contribution is -2.40. The third-order valence-electron chi connectivity index (χ3n) is 4.15. The minimum atomic E-state index is 0. The zero-order valence-corrected chi connectivity index (χ0v) is 18.8. The molecule has 6 nitrogen and oxygen atoms in total. The Kier molecular flexibility index (Phi) is 12.1. The van der Waals surface area contributed by atoms with Crippen molar-refractivity contribution in [3.8, 4) is 11.5 Å². The summed E-state index contributed by atoms with van der Waals surface area (Å²) in [4.78, 5) is 4.22. The highest BCUT2D eigenvalue weighted by Crippen LogP contribution is 2.18. The Morgan fingerprint density at radius 2 is 1.82 bits per heavy atom. The number of methoxy groups -OCH3 is 1. The Labute approximate surface area is 184 Å². The Bertz CT molecular complexity index is 698. The number of hydrogen-bond acceptors (Lipinski definition) is 4. The Morgan fingerprint density at radius 1 is 1.07 bits per heavy atom. The van der Waals surface area contributed by atoms with E-state index in [-0.39, 0.29) is 36.5 Å². The van der Waals surface area contributed by atoms with Crippen molar-refractivity contribution in [2.75, 3.05) is 40.5 Å². The monoisotopic (exact) mass is 499 g/mol. The molecule has 0 bridgehead atoms. The van der Waals surface area contributed by atoms with Crippen LogP contribution in [0.2, 0.25) is 0 Å². The molecule has 2 aromatic rings. The van der Waals surface area contributed by atoms with E-state index in [0.29, 0.717) is 19.1 Å². The molecule has 2 rings (SSSR count). The molecule has 154 valence electrons. The summed E-state index contributed by atoms with van der Waals surface area (Å²) >= 11 is 0. The van der Waals surface area contributed by atoms with Crippen LogP contribution in [-0.2, 0) is 0 Å². The van der Waals surface area contributed by atoms with E-state index in [2.05, 4.69) is 15.6 Å². The van der Waals surface area contributed by atoms with Crippen molar-refractivity contribution < 1.29 is 14.6 Å². The Hall–Kier alpha value is -2.00. The number of ether oxygens (including phenoxy) is 2. The first-order valence-electron chi connectivity index (χ1n) is 9.14. The maximum Gasteiger partial charge on any atom is 0.191 e. The van der Waals surface area contributed by atoms with Crippen LogP contribution in [0.4, 0.5) is 0 Å². The molecule has 0 aromatic heterocycles. The molecule has 0 heterocycles. The van der Waals surface area contributed by atoms with E-state index in [4.69, 9.17) is 9.47 Å². The van der Waals surface area contributed by atoms with Gasteiger partial charge in [-0.05, 0) is 24.1 Å². The molecule has 0 aliphatic heterocycles. The van der Waals surface area contributed by atoms with Crippen molar-refractivity contribution in [3.05, 3.63) is 60.2 Å². The van der Waals surface area contributed by atoms with E-state index < -0.39 is 0 Å². The van der Waals surface area contributed by atoms with Crippen molar-refractivity contribution in [2.24, 2.45) is 4.99 Å². The minimum Gasteiger partial charge on any atom is -0.497 e. The van der Waals surface area contributed by atoms with Gasteiger partial charge in [0.25, 0.3) is 0 Å². The Balaban J connectivity index is 0.00000392. The van der Waals surface area contributed by atoms with Crippen molar-refractivity contribution in [1.82, 2.24) is 10.6 Å². The molecule has 7 heteroatoms. The summed E-state index contributed by atoms with van der Waals surface area (Å²) in [5.74, 6) is 2.32. The summed E-state index contributed by atoms with van der Waals surface area (Å²) in [5.41, 5.74) is 1.11. The van der Waals surface area contributed by atoms with E-state index >= 15 is 0 Å². The molecule has 0 radical (unpaired) electrons. The van der Waals surface area contributed by atoms with Gasteiger partial charge in [-0.2, -0.15) is 0 Å². The standard InChI is InChI=1S/C21H29N3O3.HI/c1-22-21(24-15-18(16-25)17-8-4-3-5-9-17)23-12-7-13-27-20-11-6-10-19(14-20)26-2;/h3-6,8-11,14,18,25H,7,12-13,15-16H2,1-2H3,(H2,22,23,24);1H. The lowest BCUT2D eigenvalue weighted by molar-refractivity contribution is 0.265. The molecule has 1 atom stereocenters. The first kappa shape index (κ1) is 24.0. The number of nitrogens with zero attached hydrogens (tertiary/aromatic N) is 1. The van der Waals surface area contributed by atoms with Gasteiger partial charge in [0.05, 0.1) is 20.3 Å². The van der Waals surface area contributed by atoms with Gasteiger partial charge in [-0.15, -0.1) is 24.0 Å². The molecule has 0 fully saturated rings. The second kappa shape index (κ2) is 14.1. The highest BCUT2D eigenvalue weighted by atomic mass is 127. The second-order valence-corrected chi connectivity index (χ2v) is 6.05. The number of aliphatic imine (C=N–C) groups is 1. The van der Waals surface area contributed by atoms with Crippen molar-refractivity contribution in [3.63, 3.8) is 0 Å². The summed E-state index contributed by atoms with van der Waals surface area (Å²) in [6, 6.07) is 17.5. The van der Waals surface area contributed by atoms with Gasteiger partial charge >= 0.3 is 0 Å². The molecule has 0 saturated carbocycles. The number of halogens is 1. The van der Waals surface area contributed by atoms with E-state index in [1.807, 2.05) is 54.6 Å². The van der Waals surface area contributed by atoms with Gasteiger partial charge in [-0.3, -0.25) is 4.99 Å². The number of aliphatic hydroxyl groups is 1. The quantitative estimate of drug-likeness (QED) is 0.203. The highest BCUT2D eigenvalue weighted by molar-refractivity contribution is 14.0. The van der Waals surface area contributed by atoms with E-state index in [9.17, 15) is 5.11 Å². The van der Waals surface area contributed by atoms with Gasteiger partial charge in [-0.25, -0.2) is 0 Å². The molecule has 0 saturated heterocycles. The number of guanidine groups is 1. The summed E-state index contributed by atoms with van der Waals surface area (Å²) in [5, 5.41) is 16.2. The lowest BCUT2D eigenvalue weighted by Gasteiger charge is -2.18. The van der Waals surface area contributed by atoms with Gasteiger partial charge in [0.1, 0.15) is 11.5 Å². The van der Waals surface area contributed by atoms with Crippen LogP contribution in [-0.4, -0.2) is 51.5 Å². The maximum atomic E-state index is 9.63. The van der Waals surface area contributed by atoms with E-state index in [1.54, 1.807) is 14.2 Å². The molecule has 0 aliphatic rings. The van der Waals surface area contributed by atoms with Crippen LogP contribution >= 0.6 is 24.0 Å². The van der Waals surface area contributed by atoms with E-state index in [0.717, 1.165) is 30.0 Å². The molecular formula is C21H30IN3O3. The van der Waals surface area contributed by atoms with Crippen LogP contribution in [0.25, 0.3) is 0 Å². The predicted molar refractivity (Wildman–Crippen MR) is 124 cm³/mol. The third-order valence-corrected chi connectivity index (χ3v) is 4.15. The van der Waals surface area contributed by atoms with Crippen molar-refractivity contribution >= 4 is 29.9 Å². The molecule has 0 aliphatic carbocycles.